The molecule has 0 aliphatic rings. The lowest BCUT2D eigenvalue weighted by atomic mass is 10.2. The first-order valence-electron chi connectivity index (χ1n) is 8.77. The molecule has 5 nitrogen and oxygen atoms in total. The minimum Gasteiger partial charge on any atom is -0.347 e. The molecule has 0 fully saturated rings. The molecule has 1 N–H and O–H groups in total. The maximum atomic E-state index is 12.5. The molecule has 6 heteroatoms. The van der Waals surface area contributed by atoms with Crippen LogP contribution in [-0.2, 0) is 6.54 Å². The number of hydrogen-bond acceptors (Lipinski definition) is 4. The highest BCUT2D eigenvalue weighted by Crippen LogP contribution is 2.22. The summed E-state index contributed by atoms with van der Waals surface area (Å²) >= 11 is 6.14. The largest absolute Gasteiger partial charge is 0.347 e. The molecule has 0 bridgehead atoms. The lowest BCUT2D eigenvalue weighted by Gasteiger charge is -2.21. The summed E-state index contributed by atoms with van der Waals surface area (Å²) in [4.78, 5) is 23.3. The molecule has 0 unspecified atom stereocenters. The summed E-state index contributed by atoms with van der Waals surface area (Å²) in [5.74, 6) is 0.229. The fourth-order valence-corrected chi connectivity index (χ4v) is 2.95. The van der Waals surface area contributed by atoms with Gasteiger partial charge in [-0.15, -0.1) is 0 Å². The molecule has 27 heavy (non-hydrogen) atoms. The SMILES string of the molecule is CCN(c1cccc(C)c1)c1nccc(C(=O)NCc2ccccc2Cl)n1. The number of rotatable bonds is 6. The van der Waals surface area contributed by atoms with E-state index in [4.69, 9.17) is 11.6 Å². The van der Waals surface area contributed by atoms with Crippen molar-refractivity contribution >= 4 is 29.1 Å². The molecule has 0 spiro atoms. The number of hydrogen-bond donors (Lipinski definition) is 1. The minimum absolute atomic E-state index is 0.265. The molecule has 0 aliphatic heterocycles. The van der Waals surface area contributed by atoms with Crippen LogP contribution in [0.3, 0.4) is 0 Å². The van der Waals surface area contributed by atoms with E-state index in [-0.39, 0.29) is 5.91 Å². The van der Waals surface area contributed by atoms with Crippen LogP contribution < -0.4 is 10.2 Å². The molecule has 0 saturated heterocycles. The summed E-state index contributed by atoms with van der Waals surface area (Å²) in [7, 11) is 0. The predicted molar refractivity (Wildman–Crippen MR) is 109 cm³/mol. The van der Waals surface area contributed by atoms with Gasteiger partial charge >= 0.3 is 0 Å². The second-order valence-electron chi connectivity index (χ2n) is 6.10. The van der Waals surface area contributed by atoms with Gasteiger partial charge in [0.2, 0.25) is 5.95 Å². The summed E-state index contributed by atoms with van der Waals surface area (Å²) < 4.78 is 0. The summed E-state index contributed by atoms with van der Waals surface area (Å²) in [5, 5.41) is 3.48. The normalized spacial score (nSPS) is 10.5. The second kappa shape index (κ2) is 8.64. The first kappa shape index (κ1) is 18.9. The van der Waals surface area contributed by atoms with Crippen LogP contribution in [-0.4, -0.2) is 22.4 Å². The standard InChI is InChI=1S/C21H21ClN4O/c1-3-26(17-9-6-7-15(2)13-17)21-23-12-11-19(25-21)20(27)24-14-16-8-4-5-10-18(16)22/h4-13H,3,14H2,1-2H3,(H,24,27). The molecular formula is C21H21ClN4O. The zero-order chi connectivity index (χ0) is 19.2. The Morgan fingerprint density at radius 3 is 2.70 bits per heavy atom. The first-order chi connectivity index (χ1) is 13.1. The molecular weight excluding hydrogens is 360 g/mol. The van der Waals surface area contributed by atoms with E-state index in [0.29, 0.717) is 29.8 Å². The van der Waals surface area contributed by atoms with E-state index in [1.54, 1.807) is 18.3 Å². The molecule has 0 radical (unpaired) electrons. The molecule has 138 valence electrons. The number of anilines is 2. The molecule has 0 aliphatic carbocycles. The van der Waals surface area contributed by atoms with E-state index in [2.05, 4.69) is 21.4 Å². The van der Waals surface area contributed by atoms with Crippen molar-refractivity contribution in [1.29, 1.82) is 0 Å². The van der Waals surface area contributed by atoms with Crippen LogP contribution in [0.1, 0.15) is 28.5 Å². The number of aryl methyl sites for hydroxylation is 1. The second-order valence-corrected chi connectivity index (χ2v) is 6.51. The lowest BCUT2D eigenvalue weighted by molar-refractivity contribution is 0.0946. The van der Waals surface area contributed by atoms with Gasteiger partial charge in [0.1, 0.15) is 5.69 Å². The van der Waals surface area contributed by atoms with Crippen molar-refractivity contribution in [3.63, 3.8) is 0 Å². The molecule has 1 heterocycles. The fraction of sp³-hybridized carbons (Fsp3) is 0.190. The molecule has 2 aromatic carbocycles. The van der Waals surface area contributed by atoms with Gasteiger partial charge in [-0.25, -0.2) is 9.97 Å². The number of carbonyl (C=O) groups excluding carboxylic acids is 1. The Labute approximate surface area is 164 Å². The summed E-state index contributed by atoms with van der Waals surface area (Å²) in [6, 6.07) is 17.1. The monoisotopic (exact) mass is 380 g/mol. The number of halogens is 1. The van der Waals surface area contributed by atoms with Gasteiger partial charge in [-0.05, 0) is 49.2 Å². The van der Waals surface area contributed by atoms with Gasteiger partial charge in [-0.2, -0.15) is 0 Å². The Morgan fingerprint density at radius 2 is 1.96 bits per heavy atom. The van der Waals surface area contributed by atoms with Gasteiger partial charge in [-0.1, -0.05) is 41.9 Å². The smallest absolute Gasteiger partial charge is 0.270 e. The van der Waals surface area contributed by atoms with E-state index >= 15 is 0 Å². The third-order valence-electron chi connectivity index (χ3n) is 4.14. The number of carbonyl (C=O) groups is 1. The third kappa shape index (κ3) is 4.63. The van der Waals surface area contributed by atoms with Crippen molar-refractivity contribution in [2.45, 2.75) is 20.4 Å². The first-order valence-corrected chi connectivity index (χ1v) is 9.15. The van der Waals surface area contributed by atoms with E-state index < -0.39 is 0 Å². The maximum absolute atomic E-state index is 12.5. The van der Waals surface area contributed by atoms with Crippen LogP contribution in [0.2, 0.25) is 5.02 Å². The zero-order valence-corrected chi connectivity index (χ0v) is 16.1. The van der Waals surface area contributed by atoms with Crippen molar-refractivity contribution in [3.8, 4) is 0 Å². The minimum atomic E-state index is -0.265. The van der Waals surface area contributed by atoms with Gasteiger partial charge < -0.3 is 10.2 Å². The number of benzene rings is 2. The number of aromatic nitrogens is 2. The molecule has 1 aromatic heterocycles. The summed E-state index contributed by atoms with van der Waals surface area (Å²) in [6.07, 6.45) is 1.60. The quantitative estimate of drug-likeness (QED) is 0.682. The Balaban J connectivity index is 1.78. The van der Waals surface area contributed by atoms with Crippen molar-refractivity contribution in [2.75, 3.05) is 11.4 Å². The Morgan fingerprint density at radius 1 is 1.15 bits per heavy atom. The maximum Gasteiger partial charge on any atom is 0.270 e. The number of nitrogens with one attached hydrogen (secondary N) is 1. The molecule has 0 saturated carbocycles. The lowest BCUT2D eigenvalue weighted by Crippen LogP contribution is -2.26. The Bertz CT molecular complexity index is 945. The van der Waals surface area contributed by atoms with Gasteiger partial charge in [-0.3, -0.25) is 4.79 Å². The number of nitrogens with zero attached hydrogens (tertiary/aromatic N) is 3. The van der Waals surface area contributed by atoms with Crippen molar-refractivity contribution < 1.29 is 4.79 Å². The van der Waals surface area contributed by atoms with Crippen LogP contribution >= 0.6 is 11.6 Å². The van der Waals surface area contributed by atoms with Crippen LogP contribution in [0, 0.1) is 6.92 Å². The summed E-state index contributed by atoms with van der Waals surface area (Å²) in [5.41, 5.74) is 3.32. The van der Waals surface area contributed by atoms with Gasteiger partial charge in [0.05, 0.1) is 0 Å². The van der Waals surface area contributed by atoms with E-state index in [9.17, 15) is 4.79 Å². The van der Waals surface area contributed by atoms with Crippen LogP contribution in [0.15, 0.2) is 60.8 Å². The summed E-state index contributed by atoms with van der Waals surface area (Å²) in [6.45, 7) is 5.09. The third-order valence-corrected chi connectivity index (χ3v) is 4.51. The molecule has 1 amide bonds. The van der Waals surface area contributed by atoms with E-state index in [0.717, 1.165) is 16.8 Å². The zero-order valence-electron chi connectivity index (χ0n) is 15.3. The molecule has 0 atom stereocenters. The van der Waals surface area contributed by atoms with Crippen molar-refractivity contribution in [2.24, 2.45) is 0 Å². The highest BCUT2D eigenvalue weighted by Gasteiger charge is 2.14. The molecule has 3 rings (SSSR count). The predicted octanol–water partition coefficient (Wildman–Crippen LogP) is 4.53. The fourth-order valence-electron chi connectivity index (χ4n) is 2.75. The van der Waals surface area contributed by atoms with Crippen LogP contribution in [0.5, 0.6) is 0 Å². The van der Waals surface area contributed by atoms with Crippen molar-refractivity contribution in [1.82, 2.24) is 15.3 Å². The Hall–Kier alpha value is -2.92. The topological polar surface area (TPSA) is 58.1 Å². The average Bonchev–Trinajstić information content (AvgIpc) is 2.68. The van der Waals surface area contributed by atoms with Crippen LogP contribution in [0.25, 0.3) is 0 Å². The van der Waals surface area contributed by atoms with Gasteiger partial charge in [0, 0.05) is 30.0 Å². The van der Waals surface area contributed by atoms with Crippen molar-refractivity contribution in [3.05, 3.63) is 82.6 Å². The van der Waals surface area contributed by atoms with Crippen LogP contribution in [0.4, 0.5) is 11.6 Å². The van der Waals surface area contributed by atoms with Gasteiger partial charge in [0.15, 0.2) is 0 Å². The Kier molecular flexibility index (Phi) is 6.04. The van der Waals surface area contributed by atoms with Gasteiger partial charge in [0.25, 0.3) is 5.91 Å². The molecule has 3 aromatic rings. The average molecular weight is 381 g/mol. The highest BCUT2D eigenvalue weighted by molar-refractivity contribution is 6.31. The van der Waals surface area contributed by atoms with E-state index in [1.807, 2.05) is 55.1 Å². The van der Waals surface area contributed by atoms with E-state index in [1.165, 1.54) is 0 Å². The highest BCUT2D eigenvalue weighted by atomic mass is 35.5. The number of amides is 1.